The molecule has 4 aromatic rings. The summed E-state index contributed by atoms with van der Waals surface area (Å²) in [4.78, 5) is 29.2. The predicted octanol–water partition coefficient (Wildman–Crippen LogP) is 6.42. The largest absolute Gasteiger partial charge is 0.352 e. The lowest BCUT2D eigenvalue weighted by Crippen LogP contribution is -2.27. The smallest absolute Gasteiger partial charge is 0.251 e. The molecule has 2 N–H and O–H groups in total. The highest BCUT2D eigenvalue weighted by atomic mass is 16.1. The van der Waals surface area contributed by atoms with Crippen molar-refractivity contribution in [1.82, 2.24) is 20.5 Å². The van der Waals surface area contributed by atoms with Crippen molar-refractivity contribution in [3.05, 3.63) is 136 Å². The molecule has 0 spiro atoms. The van der Waals surface area contributed by atoms with Crippen molar-refractivity contribution in [3.8, 4) is 0 Å². The molecule has 0 saturated heterocycles. The summed E-state index contributed by atoms with van der Waals surface area (Å²) >= 11 is 0. The topological polar surface area (TPSA) is 74.3 Å². The molecule has 1 heterocycles. The Morgan fingerprint density at radius 2 is 1.55 bits per heavy atom. The van der Waals surface area contributed by atoms with Crippen LogP contribution in [0.1, 0.15) is 62.1 Å². The van der Waals surface area contributed by atoms with Gasteiger partial charge in [0, 0.05) is 36.5 Å². The molecule has 1 aromatic heterocycles. The van der Waals surface area contributed by atoms with Crippen molar-refractivity contribution in [2.24, 2.45) is 0 Å². The van der Waals surface area contributed by atoms with Crippen molar-refractivity contribution in [2.75, 3.05) is 27.2 Å². The highest BCUT2D eigenvalue weighted by molar-refractivity contribution is 5.95. The SMILES string of the molecule is CCc1cccc(CNCCCNC(=O)c2cccc(C=O)c2)c1.Cc1cccc(CN(C)C)n1.Cc1ccccc1. The zero-order valence-corrected chi connectivity index (χ0v) is 25.8. The van der Waals surface area contributed by atoms with Gasteiger partial charge < -0.3 is 15.5 Å². The van der Waals surface area contributed by atoms with E-state index in [2.05, 4.69) is 70.8 Å². The molecular formula is C36H46N4O2. The van der Waals surface area contributed by atoms with Crippen molar-refractivity contribution in [3.63, 3.8) is 0 Å². The quantitative estimate of drug-likeness (QED) is 0.162. The average molecular weight is 567 g/mol. The molecule has 0 aliphatic heterocycles. The van der Waals surface area contributed by atoms with Gasteiger partial charge in [-0.15, -0.1) is 0 Å². The van der Waals surface area contributed by atoms with E-state index in [-0.39, 0.29) is 5.91 Å². The third kappa shape index (κ3) is 14.5. The molecule has 0 aliphatic rings. The standard InChI is InChI=1S/C20H24N2O2.C9H14N2.C7H8/c1-2-16-6-3-7-17(12-16)14-21-10-5-11-22-20(24)19-9-4-8-18(13-19)15-23;1-8-5-4-6-9(10-8)7-11(2)3;1-7-5-3-2-4-6-7/h3-4,6-9,12-13,15,21H,2,5,10-11,14H2,1H3,(H,22,24);4-6H,7H2,1-3H3;2-6H,1H3. The van der Waals surface area contributed by atoms with E-state index in [9.17, 15) is 9.59 Å². The van der Waals surface area contributed by atoms with Crippen LogP contribution in [0.5, 0.6) is 0 Å². The number of hydrogen-bond acceptors (Lipinski definition) is 5. The van der Waals surface area contributed by atoms with E-state index in [1.807, 2.05) is 57.4 Å². The van der Waals surface area contributed by atoms with Gasteiger partial charge in [0.05, 0.1) is 5.69 Å². The number of pyridine rings is 1. The summed E-state index contributed by atoms with van der Waals surface area (Å²) in [5.74, 6) is -0.144. The van der Waals surface area contributed by atoms with Crippen LogP contribution in [0.15, 0.2) is 97.1 Å². The first-order chi connectivity index (χ1) is 20.3. The van der Waals surface area contributed by atoms with Gasteiger partial charge >= 0.3 is 0 Å². The Bertz CT molecular complexity index is 1340. The lowest BCUT2D eigenvalue weighted by molar-refractivity contribution is 0.0953. The third-order valence-electron chi connectivity index (χ3n) is 6.19. The summed E-state index contributed by atoms with van der Waals surface area (Å²) < 4.78 is 0. The van der Waals surface area contributed by atoms with Crippen LogP contribution in [-0.4, -0.2) is 49.3 Å². The maximum atomic E-state index is 12.0. The Morgan fingerprint density at radius 3 is 2.19 bits per heavy atom. The van der Waals surface area contributed by atoms with Crippen molar-refractivity contribution in [2.45, 2.75) is 46.7 Å². The normalized spacial score (nSPS) is 10.1. The Hall–Kier alpha value is -4.13. The van der Waals surface area contributed by atoms with E-state index < -0.39 is 0 Å². The van der Waals surface area contributed by atoms with E-state index in [4.69, 9.17) is 0 Å². The lowest BCUT2D eigenvalue weighted by atomic mass is 10.1. The molecule has 0 aliphatic carbocycles. The molecule has 6 nitrogen and oxygen atoms in total. The number of carbonyl (C=O) groups excluding carboxylic acids is 2. The van der Waals surface area contributed by atoms with Crippen LogP contribution in [0, 0.1) is 13.8 Å². The molecule has 42 heavy (non-hydrogen) atoms. The highest BCUT2D eigenvalue weighted by Gasteiger charge is 2.05. The minimum absolute atomic E-state index is 0.144. The number of aryl methyl sites for hydroxylation is 3. The molecule has 222 valence electrons. The second-order valence-corrected chi connectivity index (χ2v) is 10.4. The predicted molar refractivity (Wildman–Crippen MR) is 174 cm³/mol. The van der Waals surface area contributed by atoms with E-state index in [0.717, 1.165) is 50.1 Å². The summed E-state index contributed by atoms with van der Waals surface area (Å²) in [6, 6.07) is 31.6. The number of carbonyl (C=O) groups is 2. The van der Waals surface area contributed by atoms with Gasteiger partial charge in [0.1, 0.15) is 6.29 Å². The van der Waals surface area contributed by atoms with Crippen LogP contribution < -0.4 is 10.6 Å². The van der Waals surface area contributed by atoms with Crippen molar-refractivity contribution in [1.29, 1.82) is 0 Å². The number of aldehydes is 1. The Labute approximate surface area is 252 Å². The monoisotopic (exact) mass is 566 g/mol. The Balaban J connectivity index is 0.000000279. The van der Waals surface area contributed by atoms with Gasteiger partial charge in [-0.3, -0.25) is 14.6 Å². The Morgan fingerprint density at radius 1 is 0.833 bits per heavy atom. The van der Waals surface area contributed by atoms with Crippen molar-refractivity contribution < 1.29 is 9.59 Å². The van der Waals surface area contributed by atoms with Crippen LogP contribution in [0.25, 0.3) is 0 Å². The van der Waals surface area contributed by atoms with E-state index in [1.54, 1.807) is 24.3 Å². The number of nitrogens with one attached hydrogen (secondary N) is 2. The summed E-state index contributed by atoms with van der Waals surface area (Å²) in [6.45, 7) is 9.45. The van der Waals surface area contributed by atoms with E-state index in [1.165, 1.54) is 16.7 Å². The average Bonchev–Trinajstić information content (AvgIpc) is 2.99. The first kappa shape index (κ1) is 34.1. The first-order valence-electron chi connectivity index (χ1n) is 14.5. The first-order valence-corrected chi connectivity index (χ1v) is 14.5. The maximum Gasteiger partial charge on any atom is 0.251 e. The van der Waals surface area contributed by atoms with Gasteiger partial charge in [0.15, 0.2) is 0 Å². The highest BCUT2D eigenvalue weighted by Crippen LogP contribution is 2.06. The molecule has 4 rings (SSSR count). The third-order valence-corrected chi connectivity index (χ3v) is 6.19. The van der Waals surface area contributed by atoms with Gasteiger partial charge in [-0.2, -0.15) is 0 Å². The summed E-state index contributed by atoms with van der Waals surface area (Å²) in [5.41, 5.74) is 7.20. The molecule has 6 heteroatoms. The molecule has 0 saturated carbocycles. The number of nitrogens with zero attached hydrogens (tertiary/aromatic N) is 2. The van der Waals surface area contributed by atoms with Gasteiger partial charge in [0.2, 0.25) is 0 Å². The molecule has 0 bridgehead atoms. The van der Waals surface area contributed by atoms with E-state index in [0.29, 0.717) is 17.7 Å². The van der Waals surface area contributed by atoms with Crippen LogP contribution in [-0.2, 0) is 19.5 Å². The molecular weight excluding hydrogens is 520 g/mol. The fraction of sp³-hybridized carbons (Fsp3) is 0.306. The molecule has 1 amide bonds. The number of benzene rings is 3. The number of hydrogen-bond donors (Lipinski definition) is 2. The number of aromatic nitrogens is 1. The molecule has 0 atom stereocenters. The van der Waals surface area contributed by atoms with Crippen LogP contribution in [0.2, 0.25) is 0 Å². The molecule has 0 radical (unpaired) electrons. The van der Waals surface area contributed by atoms with Gasteiger partial charge in [-0.25, -0.2) is 0 Å². The zero-order valence-electron chi connectivity index (χ0n) is 25.8. The van der Waals surface area contributed by atoms with Crippen molar-refractivity contribution >= 4 is 12.2 Å². The fourth-order valence-corrected chi connectivity index (χ4v) is 4.01. The van der Waals surface area contributed by atoms with Gasteiger partial charge in [-0.1, -0.05) is 85.3 Å². The summed E-state index contributed by atoms with van der Waals surface area (Å²) in [7, 11) is 4.09. The Kier molecular flexibility index (Phi) is 16.1. The minimum Gasteiger partial charge on any atom is -0.352 e. The van der Waals surface area contributed by atoms with Gasteiger partial charge in [-0.05, 0) is 82.7 Å². The van der Waals surface area contributed by atoms with E-state index >= 15 is 0 Å². The number of rotatable bonds is 11. The molecule has 3 aromatic carbocycles. The van der Waals surface area contributed by atoms with Crippen LogP contribution in [0.4, 0.5) is 0 Å². The van der Waals surface area contributed by atoms with Crippen LogP contribution >= 0.6 is 0 Å². The maximum absolute atomic E-state index is 12.0. The van der Waals surface area contributed by atoms with Gasteiger partial charge in [0.25, 0.3) is 5.91 Å². The van der Waals surface area contributed by atoms with Crippen LogP contribution in [0.3, 0.4) is 0 Å². The second-order valence-electron chi connectivity index (χ2n) is 10.4. The zero-order chi connectivity index (χ0) is 30.6. The number of amides is 1. The summed E-state index contributed by atoms with van der Waals surface area (Å²) in [6.07, 6.45) is 2.64. The minimum atomic E-state index is -0.144. The molecule has 0 fully saturated rings. The lowest BCUT2D eigenvalue weighted by Gasteiger charge is -2.08. The molecule has 0 unspecified atom stereocenters. The fourth-order valence-electron chi connectivity index (χ4n) is 4.01. The summed E-state index contributed by atoms with van der Waals surface area (Å²) in [5, 5.41) is 6.26. The second kappa shape index (κ2) is 19.9.